The molecule has 5 nitrogen and oxygen atoms in total. The van der Waals surface area contributed by atoms with Gasteiger partial charge in [0.1, 0.15) is 5.75 Å². The van der Waals surface area contributed by atoms with E-state index < -0.39 is 0 Å². The van der Waals surface area contributed by atoms with Gasteiger partial charge in [-0.15, -0.1) is 0 Å². The van der Waals surface area contributed by atoms with Crippen LogP contribution in [-0.4, -0.2) is 50.8 Å². The molecule has 0 aliphatic carbocycles. The third-order valence-corrected chi connectivity index (χ3v) is 4.38. The third-order valence-electron chi connectivity index (χ3n) is 4.38. The lowest BCUT2D eigenvalue weighted by Gasteiger charge is -2.26. The van der Waals surface area contributed by atoms with Crippen LogP contribution in [-0.2, 0) is 9.53 Å². The number of ether oxygens (including phenoxy) is 2. The molecule has 1 N–H and O–H groups in total. The van der Waals surface area contributed by atoms with E-state index in [9.17, 15) is 4.79 Å². The first-order chi connectivity index (χ1) is 11.6. The van der Waals surface area contributed by atoms with E-state index in [1.54, 1.807) is 0 Å². The Balaban J connectivity index is 1.87. The Kier molecular flexibility index (Phi) is 7.53. The smallest absolute Gasteiger partial charge is 0.222 e. The molecule has 1 saturated heterocycles. The van der Waals surface area contributed by atoms with Crippen molar-refractivity contribution in [1.29, 1.82) is 0 Å². The van der Waals surface area contributed by atoms with E-state index in [1.807, 2.05) is 33.2 Å². The summed E-state index contributed by atoms with van der Waals surface area (Å²) < 4.78 is 11.1. The van der Waals surface area contributed by atoms with Crippen molar-refractivity contribution in [3.8, 4) is 5.75 Å². The van der Waals surface area contributed by atoms with Crippen LogP contribution in [0.1, 0.15) is 44.2 Å². The van der Waals surface area contributed by atoms with Crippen molar-refractivity contribution >= 4 is 5.91 Å². The fraction of sp³-hybridized carbons (Fsp3) is 0.632. The van der Waals surface area contributed by atoms with Gasteiger partial charge in [-0.05, 0) is 58.0 Å². The van der Waals surface area contributed by atoms with Crippen molar-refractivity contribution in [3.63, 3.8) is 0 Å². The van der Waals surface area contributed by atoms with Crippen LogP contribution in [0.15, 0.2) is 24.3 Å². The number of carbonyl (C=O) groups is 1. The fourth-order valence-corrected chi connectivity index (χ4v) is 3.01. The number of benzene rings is 1. The zero-order valence-corrected chi connectivity index (χ0v) is 15.1. The minimum absolute atomic E-state index is 0.0692. The molecule has 24 heavy (non-hydrogen) atoms. The van der Waals surface area contributed by atoms with Crippen molar-refractivity contribution in [3.05, 3.63) is 29.8 Å². The van der Waals surface area contributed by atoms with Gasteiger partial charge in [0.15, 0.2) is 0 Å². The Morgan fingerprint density at radius 2 is 2.08 bits per heavy atom. The van der Waals surface area contributed by atoms with E-state index in [2.05, 4.69) is 22.3 Å². The van der Waals surface area contributed by atoms with Gasteiger partial charge in [-0.2, -0.15) is 0 Å². The number of rotatable bonds is 8. The summed E-state index contributed by atoms with van der Waals surface area (Å²) in [5.41, 5.74) is 1.16. The summed E-state index contributed by atoms with van der Waals surface area (Å²) in [6.07, 6.45) is 3.80. The molecule has 0 bridgehead atoms. The van der Waals surface area contributed by atoms with Gasteiger partial charge in [-0.25, -0.2) is 0 Å². The van der Waals surface area contributed by atoms with Crippen LogP contribution in [0.5, 0.6) is 5.75 Å². The highest BCUT2D eigenvalue weighted by Gasteiger charge is 2.19. The average molecular weight is 334 g/mol. The molecule has 1 amide bonds. The van der Waals surface area contributed by atoms with E-state index in [0.717, 1.165) is 37.2 Å². The molecule has 0 aromatic heterocycles. The largest absolute Gasteiger partial charge is 0.494 e. The van der Waals surface area contributed by atoms with Crippen molar-refractivity contribution in [2.24, 2.45) is 0 Å². The van der Waals surface area contributed by atoms with Crippen molar-refractivity contribution < 1.29 is 14.3 Å². The highest BCUT2D eigenvalue weighted by molar-refractivity contribution is 5.76. The minimum atomic E-state index is 0.0692. The summed E-state index contributed by atoms with van der Waals surface area (Å²) in [5.74, 6) is 0.942. The first-order valence-electron chi connectivity index (χ1n) is 8.87. The number of nitrogens with zero attached hydrogens (tertiary/aromatic N) is 1. The second-order valence-electron chi connectivity index (χ2n) is 6.48. The average Bonchev–Trinajstić information content (AvgIpc) is 2.57. The van der Waals surface area contributed by atoms with Gasteiger partial charge in [0.05, 0.1) is 25.2 Å². The monoisotopic (exact) mass is 334 g/mol. The minimum Gasteiger partial charge on any atom is -0.494 e. The summed E-state index contributed by atoms with van der Waals surface area (Å²) in [6, 6.07) is 8.22. The highest BCUT2D eigenvalue weighted by atomic mass is 16.5. The molecule has 5 heteroatoms. The maximum absolute atomic E-state index is 12.2. The first-order valence-corrected chi connectivity index (χ1v) is 8.87. The summed E-state index contributed by atoms with van der Waals surface area (Å²) in [7, 11) is 4.05. The number of amides is 1. The zero-order chi connectivity index (χ0) is 17.4. The number of nitrogens with one attached hydrogen (secondary N) is 1. The van der Waals surface area contributed by atoms with Gasteiger partial charge in [-0.1, -0.05) is 12.1 Å². The molecule has 1 aromatic carbocycles. The normalized spacial score (nSPS) is 19.1. The lowest BCUT2D eigenvalue weighted by Crippen LogP contribution is -2.36. The van der Waals surface area contributed by atoms with E-state index in [1.165, 1.54) is 0 Å². The highest BCUT2D eigenvalue weighted by Crippen LogP contribution is 2.21. The SMILES string of the molecule is CCOc1ccc(C(CNC(=O)CC2CCCCO2)N(C)C)cc1. The van der Waals surface area contributed by atoms with Gasteiger partial charge in [0.25, 0.3) is 0 Å². The fourth-order valence-electron chi connectivity index (χ4n) is 3.01. The maximum atomic E-state index is 12.2. The molecule has 1 aliphatic rings. The van der Waals surface area contributed by atoms with E-state index in [4.69, 9.17) is 9.47 Å². The van der Waals surface area contributed by atoms with Crippen LogP contribution in [0, 0.1) is 0 Å². The van der Waals surface area contributed by atoms with Crippen LogP contribution in [0.3, 0.4) is 0 Å². The molecule has 2 rings (SSSR count). The summed E-state index contributed by atoms with van der Waals surface area (Å²) in [4.78, 5) is 14.3. The number of likely N-dealkylation sites (N-methyl/N-ethyl adjacent to an activating group) is 1. The van der Waals surface area contributed by atoms with Gasteiger partial charge >= 0.3 is 0 Å². The molecule has 1 aliphatic heterocycles. The number of hydrogen-bond donors (Lipinski definition) is 1. The predicted molar refractivity (Wildman–Crippen MR) is 95.3 cm³/mol. The molecule has 2 unspecified atom stereocenters. The van der Waals surface area contributed by atoms with Crippen LogP contribution < -0.4 is 10.1 Å². The second kappa shape index (κ2) is 9.64. The van der Waals surface area contributed by atoms with Crippen LogP contribution in [0.25, 0.3) is 0 Å². The van der Waals surface area contributed by atoms with Gasteiger partial charge in [0, 0.05) is 13.2 Å². The molecule has 1 heterocycles. The van der Waals surface area contributed by atoms with Gasteiger partial charge < -0.3 is 19.7 Å². The molecule has 1 fully saturated rings. The van der Waals surface area contributed by atoms with E-state index in [0.29, 0.717) is 19.6 Å². The summed E-state index contributed by atoms with van der Waals surface area (Å²) >= 11 is 0. The molecule has 134 valence electrons. The molecular formula is C19H30N2O3. The Morgan fingerprint density at radius 3 is 2.67 bits per heavy atom. The Labute approximate surface area is 145 Å². The number of hydrogen-bond acceptors (Lipinski definition) is 4. The third kappa shape index (κ3) is 5.80. The number of carbonyl (C=O) groups excluding carboxylic acids is 1. The topological polar surface area (TPSA) is 50.8 Å². The maximum Gasteiger partial charge on any atom is 0.222 e. The quantitative estimate of drug-likeness (QED) is 0.794. The Bertz CT molecular complexity index is 496. The second-order valence-corrected chi connectivity index (χ2v) is 6.48. The lowest BCUT2D eigenvalue weighted by atomic mass is 10.0. The van der Waals surface area contributed by atoms with E-state index >= 15 is 0 Å². The summed E-state index contributed by atoms with van der Waals surface area (Å²) in [6.45, 7) is 4.01. The Morgan fingerprint density at radius 1 is 1.33 bits per heavy atom. The predicted octanol–water partition coefficient (Wildman–Crippen LogP) is 2.76. The molecule has 2 atom stereocenters. The molecular weight excluding hydrogens is 304 g/mol. The molecule has 0 saturated carbocycles. The van der Waals surface area contributed by atoms with E-state index in [-0.39, 0.29) is 18.1 Å². The van der Waals surface area contributed by atoms with Crippen LogP contribution in [0.4, 0.5) is 0 Å². The first kappa shape index (κ1) is 18.7. The van der Waals surface area contributed by atoms with Crippen LogP contribution >= 0.6 is 0 Å². The molecule has 0 spiro atoms. The molecule has 1 aromatic rings. The van der Waals surface area contributed by atoms with Gasteiger partial charge in [-0.3, -0.25) is 4.79 Å². The Hall–Kier alpha value is -1.59. The van der Waals surface area contributed by atoms with Crippen molar-refractivity contribution in [1.82, 2.24) is 10.2 Å². The molecule has 0 radical (unpaired) electrons. The standard InChI is InChI=1S/C19H30N2O3/c1-4-23-16-10-8-15(9-11-16)18(21(2)3)14-20-19(22)13-17-7-5-6-12-24-17/h8-11,17-18H,4-7,12-14H2,1-3H3,(H,20,22). The van der Waals surface area contributed by atoms with Gasteiger partial charge in [0.2, 0.25) is 5.91 Å². The van der Waals surface area contributed by atoms with Crippen LogP contribution in [0.2, 0.25) is 0 Å². The lowest BCUT2D eigenvalue weighted by molar-refractivity contribution is -0.125. The zero-order valence-electron chi connectivity index (χ0n) is 15.1. The summed E-state index contributed by atoms with van der Waals surface area (Å²) in [5, 5.41) is 3.06. The van der Waals surface area contributed by atoms with Crippen molar-refractivity contribution in [2.45, 2.75) is 44.8 Å². The van der Waals surface area contributed by atoms with Crippen molar-refractivity contribution in [2.75, 3.05) is 33.9 Å².